The van der Waals surface area contributed by atoms with Crippen molar-refractivity contribution in [2.75, 3.05) is 18.5 Å². The highest BCUT2D eigenvalue weighted by molar-refractivity contribution is 5.95. The number of amides is 1. The van der Waals surface area contributed by atoms with Crippen LogP contribution in [0.2, 0.25) is 0 Å². The topological polar surface area (TPSA) is 116 Å². The fraction of sp³-hybridized carbons (Fsp3) is 0.318. The molecule has 1 atom stereocenters. The van der Waals surface area contributed by atoms with E-state index in [1.54, 1.807) is 24.3 Å². The number of carbonyl (C=O) groups is 1. The number of nitrogens with two attached hydrogens (primary N) is 2. The predicted octanol–water partition coefficient (Wildman–Crippen LogP) is 3.49. The van der Waals surface area contributed by atoms with E-state index in [-0.39, 0.29) is 8.76 Å². The number of hydrogen-bond acceptors (Lipinski definition) is 6. The Morgan fingerprint density at radius 2 is 2.14 bits per heavy atom. The molecule has 1 unspecified atom stereocenters. The van der Waals surface area contributed by atoms with Crippen molar-refractivity contribution in [3.63, 3.8) is 0 Å². The van der Waals surface area contributed by atoms with Crippen LogP contribution in [0.15, 0.2) is 64.5 Å². The first kappa shape index (κ1) is 20.5. The van der Waals surface area contributed by atoms with E-state index in [4.69, 9.17) is 20.6 Å². The summed E-state index contributed by atoms with van der Waals surface area (Å²) >= 11 is 0. The molecule has 3 rings (SSSR count). The Bertz CT molecular complexity index is 906. The summed E-state index contributed by atoms with van der Waals surface area (Å²) in [6.07, 6.45) is 5.38. The van der Waals surface area contributed by atoms with E-state index in [9.17, 15) is 4.79 Å². The molecular weight excluding hydrogens is 368 g/mol. The zero-order chi connectivity index (χ0) is 20.6. The first-order valence-corrected chi connectivity index (χ1v) is 9.70. The highest BCUT2D eigenvalue weighted by Crippen LogP contribution is 2.19. The predicted molar refractivity (Wildman–Crippen MR) is 117 cm³/mol. The van der Waals surface area contributed by atoms with Crippen LogP contribution in [0, 0.1) is 12.8 Å². The van der Waals surface area contributed by atoms with Gasteiger partial charge in [-0.2, -0.15) is 0 Å². The Morgan fingerprint density at radius 1 is 1.28 bits per heavy atom. The Balaban J connectivity index is 0.00000240. The van der Waals surface area contributed by atoms with Gasteiger partial charge in [-0.05, 0) is 68.2 Å². The van der Waals surface area contributed by atoms with Crippen LogP contribution in [-0.4, -0.2) is 19.1 Å². The number of furan rings is 1. The first-order chi connectivity index (χ1) is 14.0. The molecule has 7 nitrogen and oxygen atoms in total. The third kappa shape index (κ3) is 6.43. The average molecular weight is 401 g/mol. The molecule has 6 N–H and O–H groups in total. The molecular formula is C22H32N4O3. The molecule has 29 heavy (non-hydrogen) atoms. The lowest BCUT2D eigenvalue weighted by molar-refractivity contribution is 0.0948. The van der Waals surface area contributed by atoms with Gasteiger partial charge in [0.2, 0.25) is 0 Å². The van der Waals surface area contributed by atoms with E-state index in [1.807, 2.05) is 31.2 Å². The van der Waals surface area contributed by atoms with E-state index < -0.39 is 0 Å². The van der Waals surface area contributed by atoms with E-state index in [1.165, 1.54) is 0 Å². The van der Waals surface area contributed by atoms with Crippen molar-refractivity contribution in [3.05, 3.63) is 77.2 Å². The highest BCUT2D eigenvalue weighted by Gasteiger charge is 2.15. The molecule has 0 radical (unpaired) electrons. The molecule has 1 saturated heterocycles. The minimum atomic E-state index is -0.187. The molecule has 1 aliphatic heterocycles. The van der Waals surface area contributed by atoms with Crippen molar-refractivity contribution in [2.24, 2.45) is 17.4 Å². The number of nitrogens with one attached hydrogen (secondary N) is 2. The lowest BCUT2D eigenvalue weighted by atomic mass is 10.0. The van der Waals surface area contributed by atoms with Crippen LogP contribution >= 0.6 is 0 Å². The fourth-order valence-corrected chi connectivity index (χ4v) is 3.14. The normalized spacial score (nSPS) is 17.3. The summed E-state index contributed by atoms with van der Waals surface area (Å²) in [5, 5.41) is 5.92. The van der Waals surface area contributed by atoms with Gasteiger partial charge in [-0.1, -0.05) is 6.07 Å². The second-order valence-corrected chi connectivity index (χ2v) is 7.20. The van der Waals surface area contributed by atoms with Crippen LogP contribution in [0.3, 0.4) is 0 Å². The fourth-order valence-electron chi connectivity index (χ4n) is 3.14. The highest BCUT2D eigenvalue weighted by atomic mass is 16.5. The van der Waals surface area contributed by atoms with Crippen LogP contribution in [0.4, 0.5) is 5.69 Å². The van der Waals surface area contributed by atoms with Crippen molar-refractivity contribution < 1.29 is 16.8 Å². The van der Waals surface area contributed by atoms with Gasteiger partial charge in [0.25, 0.3) is 5.91 Å². The minimum Gasteiger partial charge on any atom is -0.465 e. The summed E-state index contributed by atoms with van der Waals surface area (Å²) in [5.74, 6) is 2.27. The van der Waals surface area contributed by atoms with Gasteiger partial charge >= 0.3 is 0 Å². The molecule has 1 aliphatic rings. The van der Waals surface area contributed by atoms with Crippen LogP contribution in [0.5, 0.6) is 0 Å². The molecule has 1 aromatic carbocycles. The molecule has 1 aromatic heterocycles. The third-order valence-electron chi connectivity index (χ3n) is 4.66. The summed E-state index contributed by atoms with van der Waals surface area (Å²) in [6.45, 7) is 3.77. The van der Waals surface area contributed by atoms with Crippen LogP contribution in [-0.2, 0) is 11.3 Å². The molecule has 0 spiro atoms. The summed E-state index contributed by atoms with van der Waals surface area (Å²) < 4.78 is 10.8. The summed E-state index contributed by atoms with van der Waals surface area (Å²) in [5.41, 5.74) is 14.1. The number of ether oxygens (including phenoxy) is 1. The lowest BCUT2D eigenvalue weighted by Crippen LogP contribution is -2.22. The number of carbonyl (C=O) groups excluding carboxylic acids is 1. The quantitative estimate of drug-likeness (QED) is 0.504. The molecule has 0 aliphatic carbocycles. The monoisotopic (exact) mass is 400 g/mol. The van der Waals surface area contributed by atoms with Crippen molar-refractivity contribution in [1.82, 2.24) is 5.32 Å². The van der Waals surface area contributed by atoms with Crippen molar-refractivity contribution >= 4 is 11.6 Å². The van der Waals surface area contributed by atoms with E-state index >= 15 is 0 Å². The largest absolute Gasteiger partial charge is 0.465 e. The van der Waals surface area contributed by atoms with Crippen LogP contribution in [0.1, 0.15) is 37.6 Å². The van der Waals surface area contributed by atoms with Gasteiger partial charge in [0.05, 0.1) is 6.54 Å². The number of hydrogen-bond donors (Lipinski definition) is 4. The van der Waals surface area contributed by atoms with Gasteiger partial charge in [-0.25, -0.2) is 0 Å². The molecule has 0 bridgehead atoms. The number of benzene rings is 1. The summed E-state index contributed by atoms with van der Waals surface area (Å²) in [4.78, 5) is 12.4. The van der Waals surface area contributed by atoms with Crippen LogP contribution in [0.25, 0.3) is 0 Å². The van der Waals surface area contributed by atoms with Gasteiger partial charge in [0.15, 0.2) is 0 Å². The molecule has 1 amide bonds. The maximum atomic E-state index is 12.4. The Kier molecular flexibility index (Phi) is 6.97. The van der Waals surface area contributed by atoms with E-state index in [0.29, 0.717) is 29.6 Å². The maximum absolute atomic E-state index is 12.4. The number of allylic oxidation sites excluding steroid dienone is 3. The maximum Gasteiger partial charge on any atom is 0.251 e. The van der Waals surface area contributed by atoms with Crippen LogP contribution < -0.4 is 22.1 Å². The minimum absolute atomic E-state index is 0. The molecule has 158 valence electrons. The molecule has 2 aromatic rings. The van der Waals surface area contributed by atoms with Crippen molar-refractivity contribution in [3.8, 4) is 0 Å². The number of rotatable bonds is 8. The standard InChI is InChI=1S/C22H28N4O3.2H2/c1-15-5-7-20(29-15)13-25-22(27)17-3-2-4-19(12-17)26-21(24)8-6-18(23)11-16-9-10-28-14-16;;/h2-8,12,16,26H,9-11,13-14,23-24H2,1H3,(H,25,27);2*1H/b18-6-,21-8+;;. The van der Waals surface area contributed by atoms with Gasteiger partial charge in [0, 0.05) is 33.0 Å². The Labute approximate surface area is 173 Å². The summed E-state index contributed by atoms with van der Waals surface area (Å²) in [6, 6.07) is 10.8. The first-order valence-electron chi connectivity index (χ1n) is 9.70. The Hall–Kier alpha value is -3.19. The second-order valence-electron chi connectivity index (χ2n) is 7.20. The smallest absolute Gasteiger partial charge is 0.251 e. The molecule has 1 fully saturated rings. The molecule has 0 saturated carbocycles. The molecule has 7 heteroatoms. The average Bonchev–Trinajstić information content (AvgIpc) is 3.36. The molecule has 2 heterocycles. The van der Waals surface area contributed by atoms with Gasteiger partial charge < -0.3 is 31.3 Å². The third-order valence-corrected chi connectivity index (χ3v) is 4.66. The van der Waals surface area contributed by atoms with E-state index in [0.717, 1.165) is 43.2 Å². The summed E-state index contributed by atoms with van der Waals surface area (Å²) in [7, 11) is 0. The van der Waals surface area contributed by atoms with Gasteiger partial charge in [0.1, 0.15) is 17.3 Å². The number of aryl methyl sites for hydroxylation is 1. The number of anilines is 1. The van der Waals surface area contributed by atoms with Gasteiger partial charge in [-0.3, -0.25) is 4.79 Å². The van der Waals surface area contributed by atoms with E-state index in [2.05, 4.69) is 10.6 Å². The zero-order valence-electron chi connectivity index (χ0n) is 16.6. The zero-order valence-corrected chi connectivity index (χ0v) is 16.6. The lowest BCUT2D eigenvalue weighted by Gasteiger charge is -2.09. The van der Waals surface area contributed by atoms with Crippen molar-refractivity contribution in [1.29, 1.82) is 0 Å². The SMILES string of the molecule is Cc1ccc(CNC(=O)c2cccc(N/C(N)=C/C=C(\N)CC3CCOC3)c2)o1.[HH].[HH]. The second kappa shape index (κ2) is 9.84. The Morgan fingerprint density at radius 3 is 2.86 bits per heavy atom. The van der Waals surface area contributed by atoms with Gasteiger partial charge in [-0.15, -0.1) is 0 Å². The van der Waals surface area contributed by atoms with Crippen molar-refractivity contribution in [2.45, 2.75) is 26.3 Å².